The molecule has 1 aliphatic rings. The van der Waals surface area contributed by atoms with Gasteiger partial charge in [0.2, 0.25) is 5.91 Å². The molecule has 138 valence electrons. The third kappa shape index (κ3) is 5.68. The first kappa shape index (κ1) is 19.7. The molecule has 0 saturated carbocycles. The van der Waals surface area contributed by atoms with E-state index in [0.29, 0.717) is 32.1 Å². The summed E-state index contributed by atoms with van der Waals surface area (Å²) in [6, 6.07) is 8.50. The van der Waals surface area contributed by atoms with Crippen molar-refractivity contribution in [1.29, 1.82) is 0 Å². The molecule has 1 heterocycles. The predicted molar refractivity (Wildman–Crippen MR) is 101 cm³/mol. The highest BCUT2D eigenvalue weighted by Crippen LogP contribution is 2.25. The summed E-state index contributed by atoms with van der Waals surface area (Å²) in [6.45, 7) is 12.3. The normalized spacial score (nSPS) is 17.3. The fourth-order valence-electron chi connectivity index (χ4n) is 2.95. The Bertz CT molecular complexity index is 596. The summed E-state index contributed by atoms with van der Waals surface area (Å²) in [5.74, 6) is 0.142. The summed E-state index contributed by atoms with van der Waals surface area (Å²) in [5.41, 5.74) is 3.46. The lowest BCUT2D eigenvalue weighted by atomic mass is 9.92. The summed E-state index contributed by atoms with van der Waals surface area (Å²) < 4.78 is 11.1. The molecule has 1 aliphatic heterocycles. The Balaban J connectivity index is 1.99. The average Bonchev–Trinajstić information content (AvgIpc) is 2.99. The zero-order valence-corrected chi connectivity index (χ0v) is 16.1. The quantitative estimate of drug-likeness (QED) is 0.756. The molecule has 4 nitrogen and oxygen atoms in total. The lowest BCUT2D eigenvalue weighted by Crippen LogP contribution is -2.33. The molecular weight excluding hydrogens is 314 g/mol. The van der Waals surface area contributed by atoms with E-state index in [4.69, 9.17) is 9.47 Å². The first-order valence-electron chi connectivity index (χ1n) is 9.18. The van der Waals surface area contributed by atoms with Crippen LogP contribution < -0.4 is 5.32 Å². The number of nitrogens with one attached hydrogen (secondary N) is 1. The van der Waals surface area contributed by atoms with Crippen LogP contribution in [0.25, 0.3) is 5.57 Å². The molecule has 0 atom stereocenters. The molecule has 2 rings (SSSR count). The van der Waals surface area contributed by atoms with E-state index in [0.717, 1.165) is 11.1 Å². The van der Waals surface area contributed by atoms with Crippen LogP contribution in [-0.2, 0) is 14.3 Å². The molecule has 1 aromatic rings. The van der Waals surface area contributed by atoms with Gasteiger partial charge in [-0.3, -0.25) is 4.79 Å². The van der Waals surface area contributed by atoms with Gasteiger partial charge in [-0.2, -0.15) is 0 Å². The van der Waals surface area contributed by atoms with E-state index in [1.165, 1.54) is 5.56 Å². The Kier molecular flexibility index (Phi) is 6.79. The van der Waals surface area contributed by atoms with E-state index in [1.807, 2.05) is 6.92 Å². The van der Waals surface area contributed by atoms with Crippen molar-refractivity contribution in [3.63, 3.8) is 0 Å². The number of amides is 1. The first-order chi connectivity index (χ1) is 11.8. The molecule has 1 fully saturated rings. The first-order valence-corrected chi connectivity index (χ1v) is 9.18. The SMILES string of the molecule is CC(C)/C(=C\C(=O)NCCC1(C)OCCO1)c1ccc(C(C)C)cc1. The molecule has 0 radical (unpaired) electrons. The number of carbonyl (C=O) groups is 1. The molecule has 1 amide bonds. The summed E-state index contributed by atoms with van der Waals surface area (Å²) in [5, 5.41) is 2.94. The fourth-order valence-corrected chi connectivity index (χ4v) is 2.95. The summed E-state index contributed by atoms with van der Waals surface area (Å²) in [4.78, 5) is 12.3. The number of hydrogen-bond acceptors (Lipinski definition) is 3. The van der Waals surface area contributed by atoms with Gasteiger partial charge in [0.05, 0.1) is 13.2 Å². The van der Waals surface area contributed by atoms with Crippen LogP contribution in [0.3, 0.4) is 0 Å². The van der Waals surface area contributed by atoms with Gasteiger partial charge < -0.3 is 14.8 Å². The van der Waals surface area contributed by atoms with E-state index in [-0.39, 0.29) is 11.8 Å². The highest BCUT2D eigenvalue weighted by molar-refractivity contribution is 5.95. The van der Waals surface area contributed by atoms with Crippen LogP contribution in [0, 0.1) is 5.92 Å². The molecule has 0 spiro atoms. The lowest BCUT2D eigenvalue weighted by Gasteiger charge is -2.22. The minimum absolute atomic E-state index is 0.0711. The Morgan fingerprint density at radius 3 is 2.28 bits per heavy atom. The second-order valence-electron chi connectivity index (χ2n) is 7.40. The maximum absolute atomic E-state index is 12.3. The fraction of sp³-hybridized carbons (Fsp3) is 0.571. The molecule has 1 N–H and O–H groups in total. The molecule has 4 heteroatoms. The van der Waals surface area contributed by atoms with E-state index in [1.54, 1.807) is 6.08 Å². The van der Waals surface area contributed by atoms with Crippen molar-refractivity contribution >= 4 is 11.5 Å². The Morgan fingerprint density at radius 1 is 1.16 bits per heavy atom. The summed E-state index contributed by atoms with van der Waals surface area (Å²) in [7, 11) is 0. The second kappa shape index (κ2) is 8.63. The Labute approximate surface area is 151 Å². The van der Waals surface area contributed by atoms with Crippen molar-refractivity contribution in [2.24, 2.45) is 5.92 Å². The van der Waals surface area contributed by atoms with Crippen molar-refractivity contribution in [2.45, 2.75) is 52.7 Å². The third-order valence-electron chi connectivity index (χ3n) is 4.60. The van der Waals surface area contributed by atoms with Crippen LogP contribution in [0.4, 0.5) is 0 Å². The molecule has 0 aromatic heterocycles. The summed E-state index contributed by atoms with van der Waals surface area (Å²) in [6.07, 6.45) is 2.36. The zero-order chi connectivity index (χ0) is 18.4. The van der Waals surface area contributed by atoms with Gasteiger partial charge in [-0.1, -0.05) is 52.0 Å². The van der Waals surface area contributed by atoms with Gasteiger partial charge in [0.1, 0.15) is 0 Å². The second-order valence-corrected chi connectivity index (χ2v) is 7.40. The largest absolute Gasteiger partial charge is 0.352 e. The van der Waals surface area contributed by atoms with Gasteiger partial charge >= 0.3 is 0 Å². The van der Waals surface area contributed by atoms with Gasteiger partial charge in [-0.15, -0.1) is 0 Å². The number of benzene rings is 1. The Hall–Kier alpha value is -1.65. The number of carbonyl (C=O) groups excluding carboxylic acids is 1. The van der Waals surface area contributed by atoms with Gasteiger partial charge in [-0.25, -0.2) is 0 Å². The van der Waals surface area contributed by atoms with Crippen molar-refractivity contribution < 1.29 is 14.3 Å². The van der Waals surface area contributed by atoms with Crippen molar-refractivity contribution in [2.75, 3.05) is 19.8 Å². The van der Waals surface area contributed by atoms with Crippen molar-refractivity contribution in [3.8, 4) is 0 Å². The van der Waals surface area contributed by atoms with Crippen LogP contribution >= 0.6 is 0 Å². The minimum atomic E-state index is -0.565. The standard InChI is InChI=1S/C21H31NO3/c1-15(2)17-6-8-18(9-7-17)19(16(3)4)14-20(23)22-11-10-21(5)24-12-13-25-21/h6-9,14-16H,10-13H2,1-5H3,(H,22,23)/b19-14+. The highest BCUT2D eigenvalue weighted by Gasteiger charge is 2.30. The van der Waals surface area contributed by atoms with Crippen LogP contribution in [0.5, 0.6) is 0 Å². The maximum Gasteiger partial charge on any atom is 0.244 e. The molecule has 0 bridgehead atoms. The highest BCUT2D eigenvalue weighted by atomic mass is 16.7. The van der Waals surface area contributed by atoms with Crippen molar-refractivity contribution in [1.82, 2.24) is 5.32 Å². The topological polar surface area (TPSA) is 47.6 Å². The van der Waals surface area contributed by atoms with Gasteiger partial charge in [-0.05, 0) is 35.5 Å². The van der Waals surface area contributed by atoms with Gasteiger partial charge in [0, 0.05) is 19.0 Å². The maximum atomic E-state index is 12.3. The summed E-state index contributed by atoms with van der Waals surface area (Å²) >= 11 is 0. The number of allylic oxidation sites excluding steroid dienone is 1. The van der Waals surface area contributed by atoms with E-state index in [9.17, 15) is 4.79 Å². The van der Waals surface area contributed by atoms with Crippen LogP contribution in [0.1, 0.15) is 58.1 Å². The van der Waals surface area contributed by atoms with E-state index < -0.39 is 5.79 Å². The van der Waals surface area contributed by atoms with E-state index in [2.05, 4.69) is 57.3 Å². The molecule has 1 saturated heterocycles. The smallest absolute Gasteiger partial charge is 0.244 e. The monoisotopic (exact) mass is 345 g/mol. The number of rotatable bonds is 7. The number of ether oxygens (including phenoxy) is 2. The molecule has 0 unspecified atom stereocenters. The zero-order valence-electron chi connectivity index (χ0n) is 16.1. The van der Waals surface area contributed by atoms with Crippen LogP contribution in [-0.4, -0.2) is 31.5 Å². The third-order valence-corrected chi connectivity index (χ3v) is 4.60. The minimum Gasteiger partial charge on any atom is -0.352 e. The lowest BCUT2D eigenvalue weighted by molar-refractivity contribution is -0.146. The molecular formula is C21H31NO3. The van der Waals surface area contributed by atoms with Gasteiger partial charge in [0.25, 0.3) is 0 Å². The predicted octanol–water partition coefficient (Wildman–Crippen LogP) is 4.12. The molecule has 0 aliphatic carbocycles. The average molecular weight is 345 g/mol. The van der Waals surface area contributed by atoms with Crippen LogP contribution in [0.2, 0.25) is 0 Å². The number of hydrogen-bond donors (Lipinski definition) is 1. The van der Waals surface area contributed by atoms with Crippen LogP contribution in [0.15, 0.2) is 30.3 Å². The van der Waals surface area contributed by atoms with E-state index >= 15 is 0 Å². The molecule has 25 heavy (non-hydrogen) atoms. The van der Waals surface area contributed by atoms with Gasteiger partial charge in [0.15, 0.2) is 5.79 Å². The Morgan fingerprint density at radius 2 is 1.76 bits per heavy atom. The molecule has 1 aromatic carbocycles. The van der Waals surface area contributed by atoms with Crippen molar-refractivity contribution in [3.05, 3.63) is 41.5 Å².